The van der Waals surface area contributed by atoms with Gasteiger partial charge in [-0.3, -0.25) is 4.79 Å². The lowest BCUT2D eigenvalue weighted by molar-refractivity contribution is -0.126. The second-order valence-corrected chi connectivity index (χ2v) is 5.03. The first-order valence-corrected chi connectivity index (χ1v) is 6.38. The molecule has 6 heteroatoms. The van der Waals surface area contributed by atoms with Crippen LogP contribution in [0.25, 0.3) is 0 Å². The second-order valence-electron chi connectivity index (χ2n) is 4.63. The predicted molar refractivity (Wildman–Crippen MR) is 76.0 cm³/mol. The number of amides is 1. The summed E-state index contributed by atoms with van der Waals surface area (Å²) in [7, 11) is 0. The van der Waals surface area contributed by atoms with Gasteiger partial charge < -0.3 is 10.6 Å². The van der Waals surface area contributed by atoms with E-state index in [4.69, 9.17) is 11.6 Å². The van der Waals surface area contributed by atoms with Crippen LogP contribution in [0.1, 0.15) is 12.5 Å². The molecule has 1 unspecified atom stereocenters. The van der Waals surface area contributed by atoms with Gasteiger partial charge in [0.05, 0.1) is 0 Å². The summed E-state index contributed by atoms with van der Waals surface area (Å²) in [4.78, 5) is 11.9. The van der Waals surface area contributed by atoms with E-state index < -0.39 is 0 Å². The van der Waals surface area contributed by atoms with E-state index in [2.05, 4.69) is 10.6 Å². The molecule has 2 N–H and O–H groups in total. The van der Waals surface area contributed by atoms with E-state index in [0.717, 1.165) is 13.1 Å². The molecule has 0 aromatic heterocycles. The molecule has 1 aliphatic heterocycles. The van der Waals surface area contributed by atoms with Gasteiger partial charge in [-0.2, -0.15) is 0 Å². The average molecular weight is 307 g/mol. The van der Waals surface area contributed by atoms with Gasteiger partial charge in [0.25, 0.3) is 0 Å². The zero-order valence-corrected chi connectivity index (χ0v) is 12.2. The van der Waals surface area contributed by atoms with Gasteiger partial charge in [0.2, 0.25) is 5.91 Å². The number of nitrogens with one attached hydrogen (secondary N) is 2. The van der Waals surface area contributed by atoms with Crippen LogP contribution in [0.2, 0.25) is 5.02 Å². The lowest BCUT2D eigenvalue weighted by Gasteiger charge is -2.31. The summed E-state index contributed by atoms with van der Waals surface area (Å²) >= 11 is 5.89. The summed E-state index contributed by atoms with van der Waals surface area (Å²) in [5.74, 6) is -0.125. The fraction of sp³-hybridized carbons (Fsp3) is 0.462. The number of carbonyl (C=O) groups is 1. The highest BCUT2D eigenvalue weighted by Crippen LogP contribution is 2.20. The highest BCUT2D eigenvalue weighted by molar-refractivity contribution is 6.31. The smallest absolute Gasteiger partial charge is 0.223 e. The van der Waals surface area contributed by atoms with E-state index in [9.17, 15) is 9.18 Å². The minimum absolute atomic E-state index is 0. The summed E-state index contributed by atoms with van der Waals surface area (Å²) in [6.07, 6.45) is 0. The van der Waals surface area contributed by atoms with E-state index >= 15 is 0 Å². The largest absolute Gasteiger partial charge is 0.352 e. The maximum absolute atomic E-state index is 13.5. The third kappa shape index (κ3) is 3.81. The molecule has 0 radical (unpaired) electrons. The van der Waals surface area contributed by atoms with Crippen molar-refractivity contribution >= 4 is 29.9 Å². The Balaban J connectivity index is 0.00000180. The molecule has 1 aromatic rings. The van der Waals surface area contributed by atoms with Gasteiger partial charge in [0, 0.05) is 23.0 Å². The molecule has 1 atom stereocenters. The Labute approximate surface area is 123 Å². The van der Waals surface area contributed by atoms with Crippen LogP contribution in [0, 0.1) is 17.7 Å². The van der Waals surface area contributed by atoms with Gasteiger partial charge in [-0.25, -0.2) is 4.39 Å². The van der Waals surface area contributed by atoms with Crippen molar-refractivity contribution in [2.75, 3.05) is 13.1 Å². The van der Waals surface area contributed by atoms with Crippen LogP contribution in [0.3, 0.4) is 0 Å². The number of hydrogen-bond donors (Lipinski definition) is 2. The monoisotopic (exact) mass is 306 g/mol. The summed E-state index contributed by atoms with van der Waals surface area (Å²) in [5, 5.41) is 6.21. The molecular formula is C13H17Cl2FN2O. The number of benzene rings is 1. The molecule has 0 bridgehead atoms. The van der Waals surface area contributed by atoms with Crippen LogP contribution in [0.15, 0.2) is 18.2 Å². The second kappa shape index (κ2) is 7.08. The molecule has 0 aliphatic carbocycles. The molecule has 19 heavy (non-hydrogen) atoms. The third-order valence-corrected chi connectivity index (χ3v) is 3.79. The van der Waals surface area contributed by atoms with E-state index in [-0.39, 0.29) is 36.6 Å². The van der Waals surface area contributed by atoms with Crippen molar-refractivity contribution in [3.05, 3.63) is 34.6 Å². The topological polar surface area (TPSA) is 41.1 Å². The predicted octanol–water partition coefficient (Wildman–Crippen LogP) is 2.37. The van der Waals surface area contributed by atoms with Crippen molar-refractivity contribution in [2.45, 2.75) is 13.5 Å². The zero-order valence-electron chi connectivity index (χ0n) is 10.6. The van der Waals surface area contributed by atoms with Crippen molar-refractivity contribution in [2.24, 2.45) is 11.8 Å². The van der Waals surface area contributed by atoms with Crippen LogP contribution in [-0.2, 0) is 11.3 Å². The minimum Gasteiger partial charge on any atom is -0.352 e. The fourth-order valence-electron chi connectivity index (χ4n) is 1.92. The molecule has 1 amide bonds. The molecular weight excluding hydrogens is 290 g/mol. The Bertz CT molecular complexity index is 432. The van der Waals surface area contributed by atoms with Crippen LogP contribution >= 0.6 is 24.0 Å². The molecule has 1 fully saturated rings. The standard InChI is InChI=1S/C13H16ClFN2O.ClH/c1-8(9-5-16-6-9)13(18)17-7-10-11(14)3-2-4-12(10)15;/h2-4,8-9,16H,5-7H2,1H3,(H,17,18);1H. The van der Waals surface area contributed by atoms with Crippen LogP contribution in [0.5, 0.6) is 0 Å². The molecule has 0 saturated carbocycles. The molecule has 1 saturated heterocycles. The van der Waals surface area contributed by atoms with Crippen molar-refractivity contribution in [3.63, 3.8) is 0 Å². The minimum atomic E-state index is -0.388. The Morgan fingerprint density at radius 1 is 1.58 bits per heavy atom. The normalized spacial score (nSPS) is 16.2. The Hall–Kier alpha value is -0.840. The van der Waals surface area contributed by atoms with Gasteiger partial charge >= 0.3 is 0 Å². The van der Waals surface area contributed by atoms with Crippen molar-refractivity contribution in [1.29, 1.82) is 0 Å². The van der Waals surface area contributed by atoms with Crippen LogP contribution < -0.4 is 10.6 Å². The maximum Gasteiger partial charge on any atom is 0.223 e. The van der Waals surface area contributed by atoms with E-state index in [0.29, 0.717) is 16.5 Å². The SMILES string of the molecule is CC(C(=O)NCc1c(F)cccc1Cl)C1CNC1.Cl. The number of rotatable bonds is 4. The summed E-state index contributed by atoms with van der Waals surface area (Å²) < 4.78 is 13.5. The van der Waals surface area contributed by atoms with Crippen molar-refractivity contribution < 1.29 is 9.18 Å². The third-order valence-electron chi connectivity index (χ3n) is 3.43. The van der Waals surface area contributed by atoms with Gasteiger partial charge in [0.15, 0.2) is 0 Å². The first-order valence-electron chi connectivity index (χ1n) is 6.01. The molecule has 2 rings (SSSR count). The Kier molecular flexibility index (Phi) is 6.04. The number of carbonyl (C=O) groups excluding carboxylic acids is 1. The zero-order chi connectivity index (χ0) is 13.1. The quantitative estimate of drug-likeness (QED) is 0.897. The molecule has 1 aliphatic rings. The van der Waals surface area contributed by atoms with E-state index in [1.807, 2.05) is 6.92 Å². The highest BCUT2D eigenvalue weighted by Gasteiger charge is 2.28. The maximum atomic E-state index is 13.5. The fourth-order valence-corrected chi connectivity index (χ4v) is 2.15. The number of hydrogen-bond acceptors (Lipinski definition) is 2. The first-order chi connectivity index (χ1) is 8.59. The van der Waals surface area contributed by atoms with E-state index in [1.54, 1.807) is 12.1 Å². The van der Waals surface area contributed by atoms with E-state index in [1.165, 1.54) is 6.07 Å². The Morgan fingerprint density at radius 3 is 2.79 bits per heavy atom. The molecule has 3 nitrogen and oxygen atoms in total. The molecule has 1 aromatic carbocycles. The number of halogens is 3. The van der Waals surface area contributed by atoms with Gasteiger partial charge in [0.1, 0.15) is 5.82 Å². The van der Waals surface area contributed by atoms with Crippen molar-refractivity contribution in [3.8, 4) is 0 Å². The molecule has 106 valence electrons. The highest BCUT2D eigenvalue weighted by atomic mass is 35.5. The van der Waals surface area contributed by atoms with Crippen LogP contribution in [-0.4, -0.2) is 19.0 Å². The summed E-state index contributed by atoms with van der Waals surface area (Å²) in [5.41, 5.74) is 0.339. The molecule has 1 heterocycles. The van der Waals surface area contributed by atoms with Gasteiger partial charge in [-0.1, -0.05) is 24.6 Å². The summed E-state index contributed by atoms with van der Waals surface area (Å²) in [6.45, 7) is 3.77. The first kappa shape index (κ1) is 16.2. The van der Waals surface area contributed by atoms with Crippen molar-refractivity contribution in [1.82, 2.24) is 10.6 Å². The van der Waals surface area contributed by atoms with Gasteiger partial charge in [-0.15, -0.1) is 12.4 Å². The average Bonchev–Trinajstić information content (AvgIpc) is 2.25. The summed E-state index contributed by atoms with van der Waals surface area (Å²) in [6, 6.07) is 4.50. The lowest BCUT2D eigenvalue weighted by atomic mass is 9.88. The lowest BCUT2D eigenvalue weighted by Crippen LogP contribution is -2.49. The van der Waals surface area contributed by atoms with Crippen LogP contribution in [0.4, 0.5) is 4.39 Å². The Morgan fingerprint density at radius 2 is 2.26 bits per heavy atom. The van der Waals surface area contributed by atoms with Gasteiger partial charge in [-0.05, 0) is 31.1 Å². The molecule has 0 spiro atoms.